The van der Waals surface area contributed by atoms with Gasteiger partial charge in [-0.15, -0.1) is 0 Å². The lowest BCUT2D eigenvalue weighted by Gasteiger charge is -2.41. The number of rotatable bonds is 3. The third kappa shape index (κ3) is 2.38. The molecule has 2 aliphatic rings. The van der Waals surface area contributed by atoms with Crippen LogP contribution < -0.4 is 10.6 Å². The van der Waals surface area contributed by atoms with Gasteiger partial charge in [0.05, 0.1) is 0 Å². The zero-order chi connectivity index (χ0) is 13.2. The van der Waals surface area contributed by atoms with Crippen molar-refractivity contribution < 1.29 is 0 Å². The molecule has 0 bridgehead atoms. The Morgan fingerprint density at radius 3 is 2.84 bits per heavy atom. The van der Waals surface area contributed by atoms with Crippen LogP contribution in [-0.2, 0) is 0 Å². The topological polar surface area (TPSA) is 29.3 Å². The van der Waals surface area contributed by atoms with E-state index < -0.39 is 0 Å². The molecule has 104 valence electrons. The molecule has 1 saturated carbocycles. The van der Waals surface area contributed by atoms with Gasteiger partial charge in [0.1, 0.15) is 0 Å². The summed E-state index contributed by atoms with van der Waals surface area (Å²) in [7, 11) is 0. The largest absolute Gasteiger partial charge is 0.368 e. The Kier molecular flexibility index (Phi) is 3.79. The summed E-state index contributed by atoms with van der Waals surface area (Å²) in [5.74, 6) is 0.930. The van der Waals surface area contributed by atoms with Crippen LogP contribution in [0.4, 0.5) is 5.69 Å². The summed E-state index contributed by atoms with van der Waals surface area (Å²) in [6.45, 7) is 3.39. The van der Waals surface area contributed by atoms with E-state index in [4.69, 9.17) is 5.73 Å². The van der Waals surface area contributed by atoms with Gasteiger partial charge in [-0.3, -0.25) is 0 Å². The minimum absolute atomic E-state index is 0.179. The first-order valence-corrected chi connectivity index (χ1v) is 7.92. The molecule has 1 aromatic rings. The number of hydrogen-bond donors (Lipinski definition) is 1. The number of hydrogen-bond acceptors (Lipinski definition) is 2. The average Bonchev–Trinajstić information content (AvgIpc) is 2.94. The van der Waals surface area contributed by atoms with Crippen LogP contribution in [0.25, 0.3) is 0 Å². The Morgan fingerprint density at radius 2 is 2.00 bits per heavy atom. The van der Waals surface area contributed by atoms with Crippen LogP contribution in [0, 0.1) is 5.92 Å². The van der Waals surface area contributed by atoms with E-state index in [0.29, 0.717) is 0 Å². The van der Waals surface area contributed by atoms with Crippen molar-refractivity contribution in [2.24, 2.45) is 11.7 Å². The van der Waals surface area contributed by atoms with Crippen LogP contribution >= 0.6 is 0 Å². The summed E-state index contributed by atoms with van der Waals surface area (Å²) in [4.78, 5) is 2.67. The maximum absolute atomic E-state index is 6.31. The SMILES string of the molecule is CC[C@H](N)c1ccccc1N1CCCC2CCCC21. The molecule has 2 unspecified atom stereocenters. The van der Waals surface area contributed by atoms with Gasteiger partial charge < -0.3 is 10.6 Å². The van der Waals surface area contributed by atoms with Gasteiger partial charge in [0.15, 0.2) is 0 Å². The quantitative estimate of drug-likeness (QED) is 0.892. The monoisotopic (exact) mass is 258 g/mol. The van der Waals surface area contributed by atoms with Crippen LogP contribution in [0.2, 0.25) is 0 Å². The van der Waals surface area contributed by atoms with E-state index in [1.807, 2.05) is 0 Å². The number of nitrogens with zero attached hydrogens (tertiary/aromatic N) is 1. The lowest BCUT2D eigenvalue weighted by Crippen LogP contribution is -2.43. The molecule has 2 fully saturated rings. The normalized spacial score (nSPS) is 28.2. The molecule has 1 aliphatic carbocycles. The third-order valence-electron chi connectivity index (χ3n) is 5.08. The molecule has 1 heterocycles. The molecule has 1 aromatic carbocycles. The molecule has 2 heteroatoms. The molecule has 3 rings (SSSR count). The number of benzene rings is 1. The molecule has 1 aliphatic heterocycles. The molecule has 2 N–H and O–H groups in total. The van der Waals surface area contributed by atoms with E-state index in [0.717, 1.165) is 18.4 Å². The van der Waals surface area contributed by atoms with Crippen molar-refractivity contribution in [3.05, 3.63) is 29.8 Å². The second-order valence-corrected chi connectivity index (χ2v) is 6.17. The van der Waals surface area contributed by atoms with Crippen molar-refractivity contribution in [2.75, 3.05) is 11.4 Å². The first kappa shape index (κ1) is 13.0. The number of piperidine rings is 1. The van der Waals surface area contributed by atoms with Crippen LogP contribution in [-0.4, -0.2) is 12.6 Å². The van der Waals surface area contributed by atoms with E-state index in [1.54, 1.807) is 0 Å². The molecule has 0 aromatic heterocycles. The summed E-state index contributed by atoms with van der Waals surface area (Å²) in [6.07, 6.45) is 8.01. The Bertz CT molecular complexity index is 429. The summed E-state index contributed by atoms with van der Waals surface area (Å²) in [5, 5.41) is 0. The molecular formula is C17H26N2. The van der Waals surface area contributed by atoms with Gasteiger partial charge in [0.2, 0.25) is 0 Å². The molecule has 3 atom stereocenters. The summed E-state index contributed by atoms with van der Waals surface area (Å²) >= 11 is 0. The molecule has 2 nitrogen and oxygen atoms in total. The molecular weight excluding hydrogens is 232 g/mol. The van der Waals surface area contributed by atoms with Crippen molar-refractivity contribution in [3.8, 4) is 0 Å². The fraction of sp³-hybridized carbons (Fsp3) is 0.647. The van der Waals surface area contributed by atoms with E-state index in [-0.39, 0.29) is 6.04 Å². The minimum Gasteiger partial charge on any atom is -0.368 e. The predicted octanol–water partition coefficient (Wildman–Crippen LogP) is 3.87. The Hall–Kier alpha value is -1.02. The standard InChI is InChI=1S/C17H26N2/c1-2-15(18)14-9-3-4-10-17(14)19-12-6-8-13-7-5-11-16(13)19/h3-4,9-10,13,15-16H,2,5-8,11-12,18H2,1H3/t13?,15-,16?/m0/s1. The van der Waals surface area contributed by atoms with Crippen LogP contribution in [0.5, 0.6) is 0 Å². The predicted molar refractivity (Wildman–Crippen MR) is 81.4 cm³/mol. The summed E-state index contributed by atoms with van der Waals surface area (Å²) < 4.78 is 0. The van der Waals surface area contributed by atoms with Crippen LogP contribution in [0.1, 0.15) is 57.1 Å². The second kappa shape index (κ2) is 5.54. The smallest absolute Gasteiger partial charge is 0.0417 e. The zero-order valence-electron chi connectivity index (χ0n) is 12.0. The first-order valence-electron chi connectivity index (χ1n) is 7.92. The number of para-hydroxylation sites is 1. The lowest BCUT2D eigenvalue weighted by molar-refractivity contribution is 0.361. The highest BCUT2D eigenvalue weighted by atomic mass is 15.2. The van der Waals surface area contributed by atoms with Gasteiger partial charge in [-0.1, -0.05) is 31.5 Å². The number of anilines is 1. The number of fused-ring (bicyclic) bond motifs is 1. The van der Waals surface area contributed by atoms with Gasteiger partial charge in [-0.25, -0.2) is 0 Å². The van der Waals surface area contributed by atoms with Gasteiger partial charge in [-0.2, -0.15) is 0 Å². The van der Waals surface area contributed by atoms with E-state index in [9.17, 15) is 0 Å². The van der Waals surface area contributed by atoms with Crippen molar-refractivity contribution >= 4 is 5.69 Å². The highest BCUT2D eigenvalue weighted by Gasteiger charge is 2.35. The molecule has 0 radical (unpaired) electrons. The highest BCUT2D eigenvalue weighted by molar-refractivity contribution is 5.56. The van der Waals surface area contributed by atoms with Gasteiger partial charge in [-0.05, 0) is 49.7 Å². The Morgan fingerprint density at radius 1 is 1.21 bits per heavy atom. The van der Waals surface area contributed by atoms with Crippen molar-refractivity contribution in [2.45, 2.75) is 57.5 Å². The molecule has 1 saturated heterocycles. The number of nitrogens with two attached hydrogens (primary N) is 1. The van der Waals surface area contributed by atoms with Crippen LogP contribution in [0.15, 0.2) is 24.3 Å². The van der Waals surface area contributed by atoms with E-state index >= 15 is 0 Å². The Labute approximate surface area is 117 Å². The maximum Gasteiger partial charge on any atom is 0.0417 e. The third-order valence-corrected chi connectivity index (χ3v) is 5.08. The van der Waals surface area contributed by atoms with Gasteiger partial charge in [0, 0.05) is 24.3 Å². The van der Waals surface area contributed by atoms with Gasteiger partial charge in [0.25, 0.3) is 0 Å². The second-order valence-electron chi connectivity index (χ2n) is 6.17. The van der Waals surface area contributed by atoms with Gasteiger partial charge >= 0.3 is 0 Å². The molecule has 19 heavy (non-hydrogen) atoms. The average molecular weight is 258 g/mol. The summed E-state index contributed by atoms with van der Waals surface area (Å²) in [6, 6.07) is 9.76. The first-order chi connectivity index (χ1) is 9.31. The fourth-order valence-electron chi connectivity index (χ4n) is 4.04. The lowest BCUT2D eigenvalue weighted by atomic mass is 9.90. The van der Waals surface area contributed by atoms with E-state index in [2.05, 4.69) is 36.1 Å². The van der Waals surface area contributed by atoms with Crippen molar-refractivity contribution in [1.29, 1.82) is 0 Å². The highest BCUT2D eigenvalue weighted by Crippen LogP contribution is 2.40. The summed E-state index contributed by atoms with van der Waals surface area (Å²) in [5.41, 5.74) is 9.07. The van der Waals surface area contributed by atoms with E-state index in [1.165, 1.54) is 49.9 Å². The maximum atomic E-state index is 6.31. The van der Waals surface area contributed by atoms with Crippen LogP contribution in [0.3, 0.4) is 0 Å². The Balaban J connectivity index is 1.92. The zero-order valence-corrected chi connectivity index (χ0v) is 12.0. The molecule has 0 amide bonds. The molecule has 0 spiro atoms. The van der Waals surface area contributed by atoms with Crippen molar-refractivity contribution in [1.82, 2.24) is 0 Å². The minimum atomic E-state index is 0.179. The fourth-order valence-corrected chi connectivity index (χ4v) is 4.04. The van der Waals surface area contributed by atoms with Crippen molar-refractivity contribution in [3.63, 3.8) is 0 Å².